The first kappa shape index (κ1) is 11.5. The van der Waals surface area contributed by atoms with Gasteiger partial charge in [-0.05, 0) is 24.6 Å². The Morgan fingerprint density at radius 2 is 2.21 bits per heavy atom. The smallest absolute Gasteiger partial charge is 0.0815 e. The van der Waals surface area contributed by atoms with Crippen molar-refractivity contribution in [2.45, 2.75) is 25.6 Å². The lowest BCUT2D eigenvalue weighted by molar-refractivity contribution is 0.0560. The van der Waals surface area contributed by atoms with Gasteiger partial charge in [0.25, 0.3) is 0 Å². The Balaban J connectivity index is 2.64. The van der Waals surface area contributed by atoms with E-state index in [1.165, 1.54) is 0 Å². The van der Waals surface area contributed by atoms with Crippen molar-refractivity contribution >= 4 is 11.6 Å². The Labute approximate surface area is 89.5 Å². The average molecular weight is 215 g/mol. The van der Waals surface area contributed by atoms with E-state index in [2.05, 4.69) is 0 Å². The van der Waals surface area contributed by atoms with Crippen LogP contribution in [0.15, 0.2) is 24.3 Å². The van der Waals surface area contributed by atoms with Gasteiger partial charge in [-0.2, -0.15) is 0 Å². The van der Waals surface area contributed by atoms with E-state index in [-0.39, 0.29) is 6.10 Å². The molecule has 0 bridgehead atoms. The van der Waals surface area contributed by atoms with E-state index in [1.54, 1.807) is 19.2 Å². The quantitative estimate of drug-likeness (QED) is 0.835. The summed E-state index contributed by atoms with van der Waals surface area (Å²) in [6.45, 7) is 1.92. The van der Waals surface area contributed by atoms with Gasteiger partial charge in [0.05, 0.1) is 12.2 Å². The minimum absolute atomic E-state index is 0.0454. The molecule has 78 valence electrons. The molecule has 1 aromatic carbocycles. The fourth-order valence-electron chi connectivity index (χ4n) is 1.26. The highest BCUT2D eigenvalue weighted by molar-refractivity contribution is 6.30. The van der Waals surface area contributed by atoms with E-state index in [0.717, 1.165) is 5.56 Å². The lowest BCUT2D eigenvalue weighted by atomic mass is 10.0. The number of aliphatic hydroxyl groups is 1. The SMILES string of the molecule is COC(C)CC(O)c1cccc(Cl)c1. The predicted molar refractivity (Wildman–Crippen MR) is 57.5 cm³/mol. The molecule has 1 N–H and O–H groups in total. The molecule has 1 aromatic rings. The van der Waals surface area contributed by atoms with Crippen molar-refractivity contribution in [2.24, 2.45) is 0 Å². The average Bonchev–Trinajstić information content (AvgIpc) is 2.17. The van der Waals surface area contributed by atoms with Gasteiger partial charge in [0.1, 0.15) is 0 Å². The molecule has 14 heavy (non-hydrogen) atoms. The number of hydrogen-bond acceptors (Lipinski definition) is 2. The molecule has 2 atom stereocenters. The minimum Gasteiger partial charge on any atom is -0.388 e. The Morgan fingerprint density at radius 3 is 2.79 bits per heavy atom. The summed E-state index contributed by atoms with van der Waals surface area (Å²) in [7, 11) is 1.63. The zero-order valence-electron chi connectivity index (χ0n) is 8.40. The van der Waals surface area contributed by atoms with Crippen LogP contribution in [0.4, 0.5) is 0 Å². The third-order valence-corrected chi connectivity index (χ3v) is 2.43. The van der Waals surface area contributed by atoms with Crippen LogP contribution < -0.4 is 0 Å². The molecule has 0 saturated carbocycles. The van der Waals surface area contributed by atoms with Gasteiger partial charge in [-0.25, -0.2) is 0 Å². The van der Waals surface area contributed by atoms with Gasteiger partial charge in [0, 0.05) is 18.6 Å². The van der Waals surface area contributed by atoms with Crippen molar-refractivity contribution < 1.29 is 9.84 Å². The second-order valence-electron chi connectivity index (χ2n) is 3.35. The van der Waals surface area contributed by atoms with E-state index in [0.29, 0.717) is 11.4 Å². The molecule has 2 nitrogen and oxygen atoms in total. The molecule has 0 spiro atoms. The maximum absolute atomic E-state index is 9.81. The first-order valence-electron chi connectivity index (χ1n) is 4.60. The van der Waals surface area contributed by atoms with Gasteiger partial charge < -0.3 is 9.84 Å². The van der Waals surface area contributed by atoms with Crippen LogP contribution in [0.2, 0.25) is 5.02 Å². The maximum Gasteiger partial charge on any atom is 0.0815 e. The lowest BCUT2D eigenvalue weighted by Crippen LogP contribution is -2.10. The fraction of sp³-hybridized carbons (Fsp3) is 0.455. The molecular formula is C11H15ClO2. The highest BCUT2D eigenvalue weighted by atomic mass is 35.5. The van der Waals surface area contributed by atoms with Crippen LogP contribution in [-0.4, -0.2) is 18.3 Å². The van der Waals surface area contributed by atoms with E-state index in [4.69, 9.17) is 16.3 Å². The molecular weight excluding hydrogens is 200 g/mol. The van der Waals surface area contributed by atoms with Gasteiger partial charge >= 0.3 is 0 Å². The number of rotatable bonds is 4. The molecule has 0 aliphatic rings. The zero-order valence-corrected chi connectivity index (χ0v) is 9.16. The second-order valence-corrected chi connectivity index (χ2v) is 3.79. The van der Waals surface area contributed by atoms with Crippen LogP contribution in [-0.2, 0) is 4.74 Å². The van der Waals surface area contributed by atoms with Crippen LogP contribution in [0, 0.1) is 0 Å². The normalized spacial score (nSPS) is 15.1. The molecule has 0 aliphatic heterocycles. The van der Waals surface area contributed by atoms with Crippen LogP contribution in [0.3, 0.4) is 0 Å². The molecule has 0 fully saturated rings. The van der Waals surface area contributed by atoms with Crippen molar-refractivity contribution in [3.05, 3.63) is 34.9 Å². The minimum atomic E-state index is -0.511. The Bertz CT molecular complexity index is 288. The molecule has 0 radical (unpaired) electrons. The highest BCUT2D eigenvalue weighted by Gasteiger charge is 2.11. The summed E-state index contributed by atoms with van der Waals surface area (Å²) in [6, 6.07) is 7.25. The number of hydrogen-bond donors (Lipinski definition) is 1. The zero-order chi connectivity index (χ0) is 10.6. The number of ether oxygens (including phenoxy) is 1. The molecule has 2 unspecified atom stereocenters. The molecule has 0 aromatic heterocycles. The molecule has 0 heterocycles. The molecule has 1 rings (SSSR count). The summed E-state index contributed by atoms with van der Waals surface area (Å²) in [5, 5.41) is 10.5. The summed E-state index contributed by atoms with van der Waals surface area (Å²) in [4.78, 5) is 0. The van der Waals surface area contributed by atoms with Crippen molar-refractivity contribution in [3.63, 3.8) is 0 Å². The topological polar surface area (TPSA) is 29.5 Å². The van der Waals surface area contributed by atoms with Gasteiger partial charge in [-0.3, -0.25) is 0 Å². The Morgan fingerprint density at radius 1 is 1.50 bits per heavy atom. The molecule has 0 aliphatic carbocycles. The third kappa shape index (κ3) is 3.29. The van der Waals surface area contributed by atoms with Crippen LogP contribution in [0.1, 0.15) is 25.0 Å². The standard InChI is InChI=1S/C11H15ClO2/c1-8(14-2)6-11(13)9-4-3-5-10(12)7-9/h3-5,7-8,11,13H,6H2,1-2H3. The van der Waals surface area contributed by atoms with Gasteiger partial charge in [-0.15, -0.1) is 0 Å². The predicted octanol–water partition coefficient (Wildman–Crippen LogP) is 2.80. The number of benzene rings is 1. The van der Waals surface area contributed by atoms with Crippen LogP contribution in [0.5, 0.6) is 0 Å². The van der Waals surface area contributed by atoms with Crippen molar-refractivity contribution in [2.75, 3.05) is 7.11 Å². The summed E-state index contributed by atoms with van der Waals surface area (Å²) in [5.74, 6) is 0. The monoisotopic (exact) mass is 214 g/mol. The Hall–Kier alpha value is -0.570. The first-order chi connectivity index (χ1) is 6.63. The third-order valence-electron chi connectivity index (χ3n) is 2.19. The molecule has 0 saturated heterocycles. The summed E-state index contributed by atoms with van der Waals surface area (Å²) in [5.41, 5.74) is 0.835. The van der Waals surface area contributed by atoms with Crippen molar-refractivity contribution in [1.82, 2.24) is 0 Å². The van der Waals surface area contributed by atoms with Crippen molar-refractivity contribution in [3.8, 4) is 0 Å². The maximum atomic E-state index is 9.81. The van der Waals surface area contributed by atoms with E-state index in [9.17, 15) is 5.11 Å². The van der Waals surface area contributed by atoms with Crippen LogP contribution in [0.25, 0.3) is 0 Å². The van der Waals surface area contributed by atoms with Crippen LogP contribution >= 0.6 is 11.6 Å². The fourth-order valence-corrected chi connectivity index (χ4v) is 1.46. The largest absolute Gasteiger partial charge is 0.388 e. The number of aliphatic hydroxyl groups excluding tert-OH is 1. The van der Waals surface area contributed by atoms with E-state index >= 15 is 0 Å². The second kappa shape index (κ2) is 5.35. The molecule has 0 amide bonds. The highest BCUT2D eigenvalue weighted by Crippen LogP contribution is 2.21. The Kier molecular flexibility index (Phi) is 4.39. The molecule has 3 heteroatoms. The van der Waals surface area contributed by atoms with E-state index in [1.807, 2.05) is 19.1 Å². The van der Waals surface area contributed by atoms with Crippen molar-refractivity contribution in [1.29, 1.82) is 0 Å². The summed E-state index contributed by atoms with van der Waals surface area (Å²) in [6.07, 6.45) is 0.115. The van der Waals surface area contributed by atoms with E-state index < -0.39 is 6.10 Å². The van der Waals surface area contributed by atoms with Gasteiger partial charge in [0.2, 0.25) is 0 Å². The lowest BCUT2D eigenvalue weighted by Gasteiger charge is -2.15. The number of halogens is 1. The summed E-state index contributed by atoms with van der Waals surface area (Å²) >= 11 is 5.82. The number of methoxy groups -OCH3 is 1. The van der Waals surface area contributed by atoms with Gasteiger partial charge in [0.15, 0.2) is 0 Å². The first-order valence-corrected chi connectivity index (χ1v) is 4.97. The summed E-state index contributed by atoms with van der Waals surface area (Å²) < 4.78 is 5.08. The van der Waals surface area contributed by atoms with Gasteiger partial charge in [-0.1, -0.05) is 23.7 Å².